The zero-order valence-corrected chi connectivity index (χ0v) is 10.7. The minimum atomic E-state index is -4.55. The van der Waals surface area contributed by atoms with Crippen LogP contribution in [0.3, 0.4) is 0 Å². The maximum atomic E-state index is 12.6. The number of methoxy groups -OCH3 is 1. The van der Waals surface area contributed by atoms with Gasteiger partial charge in [0.2, 0.25) is 0 Å². The smallest absolute Gasteiger partial charge is 0.416 e. The largest absolute Gasteiger partial charge is 0.468 e. The van der Waals surface area contributed by atoms with Gasteiger partial charge in [0.25, 0.3) is 0 Å². The maximum absolute atomic E-state index is 12.6. The first-order chi connectivity index (χ1) is 8.66. The molecule has 19 heavy (non-hydrogen) atoms. The number of anilines is 1. The number of ether oxygens (including phenoxy) is 1. The summed E-state index contributed by atoms with van der Waals surface area (Å²) >= 11 is 5.64. The number of rotatable bonds is 3. The number of hydrogen-bond donors (Lipinski definition) is 2. The summed E-state index contributed by atoms with van der Waals surface area (Å²) in [6, 6.07) is 0.445. The highest BCUT2D eigenvalue weighted by molar-refractivity contribution is 6.33. The monoisotopic (exact) mass is 296 g/mol. The van der Waals surface area contributed by atoms with E-state index in [0.717, 1.165) is 19.2 Å². The van der Waals surface area contributed by atoms with Crippen molar-refractivity contribution in [1.29, 1.82) is 0 Å². The number of carbonyl (C=O) groups excluding carboxylic acids is 1. The first-order valence-corrected chi connectivity index (χ1v) is 5.53. The molecule has 0 unspecified atom stereocenters. The molecule has 1 aromatic rings. The van der Waals surface area contributed by atoms with E-state index in [1.54, 1.807) is 0 Å². The lowest BCUT2D eigenvalue weighted by Crippen LogP contribution is -2.34. The summed E-state index contributed by atoms with van der Waals surface area (Å²) in [5.74, 6) is -0.743. The van der Waals surface area contributed by atoms with Crippen LogP contribution in [0.2, 0.25) is 5.02 Å². The van der Waals surface area contributed by atoms with Crippen molar-refractivity contribution >= 4 is 23.3 Å². The SMILES string of the molecule is COC(=O)[C@@H](N)Cc1cc(C(F)(F)F)cc(Cl)c1N. The third-order valence-electron chi connectivity index (χ3n) is 2.49. The van der Waals surface area contributed by atoms with E-state index in [1.807, 2.05) is 0 Å². The molecule has 4 nitrogen and oxygen atoms in total. The summed E-state index contributed by atoms with van der Waals surface area (Å²) in [7, 11) is 1.13. The normalized spacial score (nSPS) is 13.2. The van der Waals surface area contributed by atoms with Crippen molar-refractivity contribution < 1.29 is 22.7 Å². The van der Waals surface area contributed by atoms with Crippen molar-refractivity contribution in [3.8, 4) is 0 Å². The summed E-state index contributed by atoms with van der Waals surface area (Å²) < 4.78 is 42.3. The second-order valence-corrected chi connectivity index (χ2v) is 4.27. The van der Waals surface area contributed by atoms with Crippen molar-refractivity contribution in [1.82, 2.24) is 0 Å². The number of halogens is 4. The standard InChI is InChI=1S/C11H12ClF3N2O2/c1-19-10(18)8(16)3-5-2-6(11(13,14)15)4-7(12)9(5)17/h2,4,8H,3,16-17H2,1H3/t8-/m0/s1. The molecule has 0 amide bonds. The predicted molar refractivity (Wildman–Crippen MR) is 64.6 cm³/mol. The molecule has 0 saturated carbocycles. The van der Waals surface area contributed by atoms with Crippen molar-refractivity contribution in [2.24, 2.45) is 5.73 Å². The number of esters is 1. The number of nitrogen functional groups attached to an aromatic ring is 1. The van der Waals surface area contributed by atoms with Crippen LogP contribution in [0, 0.1) is 0 Å². The first-order valence-electron chi connectivity index (χ1n) is 5.15. The molecule has 1 aromatic carbocycles. The molecule has 0 heterocycles. The van der Waals surface area contributed by atoms with Crippen LogP contribution in [0.4, 0.5) is 18.9 Å². The molecule has 0 saturated heterocycles. The van der Waals surface area contributed by atoms with Gasteiger partial charge in [-0.25, -0.2) is 0 Å². The summed E-state index contributed by atoms with van der Waals surface area (Å²) in [5.41, 5.74) is 10.1. The van der Waals surface area contributed by atoms with E-state index < -0.39 is 23.8 Å². The van der Waals surface area contributed by atoms with E-state index in [1.165, 1.54) is 0 Å². The molecule has 0 aliphatic rings. The van der Waals surface area contributed by atoms with Gasteiger partial charge in [-0.2, -0.15) is 13.2 Å². The summed E-state index contributed by atoms with van der Waals surface area (Å²) in [6.45, 7) is 0. The molecule has 0 aromatic heterocycles. The number of hydrogen-bond acceptors (Lipinski definition) is 4. The van der Waals surface area contributed by atoms with E-state index in [9.17, 15) is 18.0 Å². The molecule has 0 spiro atoms. The van der Waals surface area contributed by atoms with Gasteiger partial charge >= 0.3 is 12.1 Å². The molecule has 106 valence electrons. The molecule has 0 aliphatic heterocycles. The number of carbonyl (C=O) groups is 1. The lowest BCUT2D eigenvalue weighted by atomic mass is 10.0. The highest BCUT2D eigenvalue weighted by Crippen LogP contribution is 2.35. The fourth-order valence-corrected chi connectivity index (χ4v) is 1.72. The van der Waals surface area contributed by atoms with Crippen LogP contribution >= 0.6 is 11.6 Å². The molecule has 1 atom stereocenters. The van der Waals surface area contributed by atoms with Crippen molar-refractivity contribution in [3.05, 3.63) is 28.3 Å². The van der Waals surface area contributed by atoms with E-state index in [4.69, 9.17) is 23.1 Å². The minimum Gasteiger partial charge on any atom is -0.468 e. The van der Waals surface area contributed by atoms with Gasteiger partial charge in [-0.3, -0.25) is 4.79 Å². The van der Waals surface area contributed by atoms with E-state index >= 15 is 0 Å². The zero-order chi connectivity index (χ0) is 14.8. The molecule has 1 rings (SSSR count). The second-order valence-electron chi connectivity index (χ2n) is 3.86. The molecule has 0 aliphatic carbocycles. The lowest BCUT2D eigenvalue weighted by molar-refractivity contribution is -0.142. The van der Waals surface area contributed by atoms with Crippen LogP contribution < -0.4 is 11.5 Å². The van der Waals surface area contributed by atoms with Gasteiger partial charge in [0.1, 0.15) is 6.04 Å². The van der Waals surface area contributed by atoms with Crippen LogP contribution in [0.1, 0.15) is 11.1 Å². The Hall–Kier alpha value is -1.47. The topological polar surface area (TPSA) is 78.3 Å². The van der Waals surface area contributed by atoms with E-state index in [-0.39, 0.29) is 22.7 Å². The van der Waals surface area contributed by atoms with Crippen LogP contribution in [0.15, 0.2) is 12.1 Å². The predicted octanol–water partition coefficient (Wildman–Crippen LogP) is 1.98. The van der Waals surface area contributed by atoms with Crippen molar-refractivity contribution in [3.63, 3.8) is 0 Å². The van der Waals surface area contributed by atoms with Crippen molar-refractivity contribution in [2.45, 2.75) is 18.6 Å². The first kappa shape index (κ1) is 15.6. The third kappa shape index (κ3) is 3.74. The Morgan fingerprint density at radius 1 is 1.47 bits per heavy atom. The molecule has 0 bridgehead atoms. The van der Waals surface area contributed by atoms with Crippen LogP contribution in [0.5, 0.6) is 0 Å². The molecule has 0 radical (unpaired) electrons. The summed E-state index contributed by atoms with van der Waals surface area (Å²) in [4.78, 5) is 11.2. The maximum Gasteiger partial charge on any atom is 0.416 e. The molecular formula is C11H12ClF3N2O2. The Morgan fingerprint density at radius 2 is 2.05 bits per heavy atom. The Balaban J connectivity index is 3.13. The average Bonchev–Trinajstić information content (AvgIpc) is 2.32. The molecular weight excluding hydrogens is 285 g/mol. The van der Waals surface area contributed by atoms with E-state index in [2.05, 4.69) is 4.74 Å². The Bertz CT molecular complexity index is 492. The number of benzene rings is 1. The third-order valence-corrected chi connectivity index (χ3v) is 2.80. The Kier molecular flexibility index (Phi) is 4.65. The van der Waals surface area contributed by atoms with Crippen LogP contribution in [-0.2, 0) is 22.1 Å². The van der Waals surface area contributed by atoms with Gasteiger partial charge in [0.15, 0.2) is 0 Å². The van der Waals surface area contributed by atoms with Crippen LogP contribution in [0.25, 0.3) is 0 Å². The van der Waals surface area contributed by atoms with E-state index in [0.29, 0.717) is 0 Å². The zero-order valence-electron chi connectivity index (χ0n) is 9.92. The van der Waals surface area contributed by atoms with Crippen LogP contribution in [-0.4, -0.2) is 19.1 Å². The van der Waals surface area contributed by atoms with Crippen molar-refractivity contribution in [2.75, 3.05) is 12.8 Å². The van der Waals surface area contributed by atoms with Gasteiger partial charge in [0.05, 0.1) is 23.4 Å². The molecule has 4 N–H and O–H groups in total. The highest BCUT2D eigenvalue weighted by Gasteiger charge is 2.32. The number of alkyl halides is 3. The second kappa shape index (κ2) is 5.66. The quantitative estimate of drug-likeness (QED) is 0.660. The average molecular weight is 297 g/mol. The highest BCUT2D eigenvalue weighted by atomic mass is 35.5. The lowest BCUT2D eigenvalue weighted by Gasteiger charge is -2.15. The summed E-state index contributed by atoms with van der Waals surface area (Å²) in [6.07, 6.45) is -4.75. The Morgan fingerprint density at radius 3 is 2.53 bits per heavy atom. The molecule has 8 heteroatoms. The van der Waals surface area contributed by atoms with Gasteiger partial charge in [0, 0.05) is 6.42 Å². The fraction of sp³-hybridized carbons (Fsp3) is 0.364. The van der Waals surface area contributed by atoms with Gasteiger partial charge in [-0.05, 0) is 17.7 Å². The number of nitrogens with two attached hydrogens (primary N) is 2. The fourth-order valence-electron chi connectivity index (χ4n) is 1.48. The molecule has 0 fully saturated rings. The summed E-state index contributed by atoms with van der Waals surface area (Å²) in [5, 5.41) is -0.234. The minimum absolute atomic E-state index is 0.0333. The van der Waals surface area contributed by atoms with Gasteiger partial charge in [-0.1, -0.05) is 11.6 Å². The van der Waals surface area contributed by atoms with Gasteiger partial charge < -0.3 is 16.2 Å². The van der Waals surface area contributed by atoms with Gasteiger partial charge in [-0.15, -0.1) is 0 Å². The Labute approximate surface area is 112 Å².